The number of hydrogen-bond donors (Lipinski definition) is 3. The molecule has 1 fully saturated rings. The molecule has 1 atom stereocenters. The first-order valence-electron chi connectivity index (χ1n) is 11.4. The van der Waals surface area contributed by atoms with Crippen LogP contribution in [0, 0.1) is 6.92 Å². The van der Waals surface area contributed by atoms with E-state index >= 15 is 0 Å². The molecule has 0 aliphatic carbocycles. The van der Waals surface area contributed by atoms with Gasteiger partial charge in [-0.1, -0.05) is 23.7 Å². The lowest BCUT2D eigenvalue weighted by Crippen LogP contribution is -2.36. The fourth-order valence-corrected chi connectivity index (χ4v) is 4.65. The van der Waals surface area contributed by atoms with Crippen molar-refractivity contribution >= 4 is 45.7 Å². The van der Waals surface area contributed by atoms with E-state index in [0.29, 0.717) is 29.6 Å². The third kappa shape index (κ3) is 4.38. The number of imidazole rings is 1. The number of carbonyl (C=O) groups excluding carboxylic acids is 2. The molecule has 3 aromatic rings. The van der Waals surface area contributed by atoms with E-state index < -0.39 is 17.9 Å². The molecule has 2 aliphatic heterocycles. The Bertz CT molecular complexity index is 1340. The number of aryl methyl sites for hydroxylation is 1. The highest BCUT2D eigenvalue weighted by molar-refractivity contribution is 6.35. The van der Waals surface area contributed by atoms with Crippen molar-refractivity contribution < 1.29 is 19.4 Å². The Hall–Kier alpha value is -3.40. The summed E-state index contributed by atoms with van der Waals surface area (Å²) in [5, 5.41) is 14.1. The zero-order valence-electron chi connectivity index (χ0n) is 19.5. The smallest absolute Gasteiger partial charge is 0.277 e. The maximum absolute atomic E-state index is 13.0. The van der Waals surface area contributed by atoms with Crippen LogP contribution in [0.25, 0.3) is 16.6 Å². The minimum Gasteiger partial charge on any atom is -0.387 e. The number of aliphatic hydroxyl groups is 1. The van der Waals surface area contributed by atoms with Crippen molar-refractivity contribution in [1.29, 1.82) is 0 Å². The van der Waals surface area contributed by atoms with Crippen molar-refractivity contribution in [2.75, 3.05) is 44.8 Å². The number of rotatable bonds is 6. The number of fused-ring (bicyclic) bond motifs is 1. The molecule has 2 aliphatic rings. The van der Waals surface area contributed by atoms with Gasteiger partial charge in [0.15, 0.2) is 0 Å². The van der Waals surface area contributed by atoms with Crippen molar-refractivity contribution in [2.24, 2.45) is 0 Å². The topological polar surface area (TPSA) is 111 Å². The fraction of sp³-hybridized carbons (Fsp3) is 0.320. The van der Waals surface area contributed by atoms with Crippen LogP contribution in [0.5, 0.6) is 0 Å². The molecular formula is C25H26ClN5O4. The maximum atomic E-state index is 13.0. The second-order valence-electron chi connectivity index (χ2n) is 8.71. The molecule has 1 saturated heterocycles. The number of nitrogens with zero attached hydrogens (tertiary/aromatic N) is 3. The van der Waals surface area contributed by atoms with Crippen LogP contribution in [-0.2, 0) is 14.3 Å². The summed E-state index contributed by atoms with van der Waals surface area (Å²) in [4.78, 5) is 37.1. The Morgan fingerprint density at radius 1 is 1.20 bits per heavy atom. The summed E-state index contributed by atoms with van der Waals surface area (Å²) in [6, 6.07) is 10.9. The zero-order valence-corrected chi connectivity index (χ0v) is 20.2. The highest BCUT2D eigenvalue weighted by atomic mass is 35.5. The number of aromatic amines is 1. The Labute approximate surface area is 207 Å². The Kier molecular flexibility index (Phi) is 6.22. The van der Waals surface area contributed by atoms with E-state index in [9.17, 15) is 14.7 Å². The van der Waals surface area contributed by atoms with Gasteiger partial charge in [-0.15, -0.1) is 0 Å². The standard InChI is InChI=1S/C25H26ClN5O4/c1-14-10-17(31-6-8-35-9-7-31)12-18-21(14)29-23(28-18)20-22(25(34)30(2)24(20)33)27-13-19(32)15-4-3-5-16(26)11-15/h3-5,10-12,19,27,32H,6-9,13H2,1-2H3,(H,28,29). The summed E-state index contributed by atoms with van der Waals surface area (Å²) >= 11 is 6.02. The highest BCUT2D eigenvalue weighted by Gasteiger charge is 2.38. The number of likely N-dealkylation sites (N-methyl/N-ethyl adjacent to an activating group) is 1. The van der Waals surface area contributed by atoms with E-state index in [-0.39, 0.29) is 17.8 Å². The third-order valence-corrected chi connectivity index (χ3v) is 6.60. The van der Waals surface area contributed by atoms with Crippen LogP contribution in [0.3, 0.4) is 0 Å². The number of anilines is 1. The normalized spacial score (nSPS) is 17.6. The average molecular weight is 496 g/mol. The largest absolute Gasteiger partial charge is 0.387 e. The van der Waals surface area contributed by atoms with Gasteiger partial charge in [-0.2, -0.15) is 0 Å². The maximum Gasteiger partial charge on any atom is 0.277 e. The van der Waals surface area contributed by atoms with Crippen molar-refractivity contribution in [2.45, 2.75) is 13.0 Å². The number of aliphatic hydroxyl groups excluding tert-OH is 1. The van der Waals surface area contributed by atoms with Crippen molar-refractivity contribution in [3.05, 3.63) is 64.1 Å². The Balaban J connectivity index is 1.48. The van der Waals surface area contributed by atoms with Gasteiger partial charge in [0, 0.05) is 37.4 Å². The number of amides is 2. The number of H-pyrrole nitrogens is 1. The summed E-state index contributed by atoms with van der Waals surface area (Å²) in [7, 11) is 1.43. The van der Waals surface area contributed by atoms with E-state index in [2.05, 4.69) is 26.3 Å². The molecule has 1 aromatic heterocycles. The number of benzene rings is 2. The molecule has 35 heavy (non-hydrogen) atoms. The van der Waals surface area contributed by atoms with Gasteiger partial charge >= 0.3 is 0 Å². The van der Waals surface area contributed by atoms with Gasteiger partial charge in [-0.3, -0.25) is 14.5 Å². The summed E-state index contributed by atoms with van der Waals surface area (Å²) < 4.78 is 5.45. The molecular weight excluding hydrogens is 470 g/mol. The lowest BCUT2D eigenvalue weighted by atomic mass is 10.1. The van der Waals surface area contributed by atoms with Gasteiger partial charge in [0.05, 0.1) is 30.4 Å². The first-order valence-corrected chi connectivity index (χ1v) is 11.8. The third-order valence-electron chi connectivity index (χ3n) is 6.37. The number of nitrogens with one attached hydrogen (secondary N) is 2. The van der Waals surface area contributed by atoms with Crippen LogP contribution in [0.15, 0.2) is 42.1 Å². The van der Waals surface area contributed by atoms with E-state index in [1.165, 1.54) is 7.05 Å². The molecule has 0 saturated carbocycles. The summed E-state index contributed by atoms with van der Waals surface area (Å²) in [5.74, 6) is -0.626. The van der Waals surface area contributed by atoms with Crippen LogP contribution < -0.4 is 10.2 Å². The molecule has 0 radical (unpaired) electrons. The highest BCUT2D eigenvalue weighted by Crippen LogP contribution is 2.31. The predicted molar refractivity (Wildman–Crippen MR) is 133 cm³/mol. The fourth-order valence-electron chi connectivity index (χ4n) is 4.45. The summed E-state index contributed by atoms with van der Waals surface area (Å²) in [6.07, 6.45) is -0.926. The van der Waals surface area contributed by atoms with E-state index in [1.54, 1.807) is 24.3 Å². The molecule has 2 amide bonds. The van der Waals surface area contributed by atoms with Gasteiger partial charge in [-0.25, -0.2) is 4.98 Å². The van der Waals surface area contributed by atoms with Crippen LogP contribution in [0.4, 0.5) is 5.69 Å². The van der Waals surface area contributed by atoms with Crippen LogP contribution in [0.2, 0.25) is 5.02 Å². The Morgan fingerprint density at radius 3 is 2.71 bits per heavy atom. The number of ether oxygens (including phenoxy) is 1. The van der Waals surface area contributed by atoms with Crippen molar-refractivity contribution in [3.8, 4) is 0 Å². The molecule has 3 N–H and O–H groups in total. The van der Waals surface area contributed by atoms with Crippen LogP contribution in [-0.4, -0.2) is 71.7 Å². The number of imide groups is 1. The van der Waals surface area contributed by atoms with Crippen molar-refractivity contribution in [3.63, 3.8) is 0 Å². The average Bonchev–Trinajstić information content (AvgIpc) is 3.38. The minimum absolute atomic E-state index is 0.0203. The van der Waals surface area contributed by atoms with E-state index in [1.807, 2.05) is 13.0 Å². The SMILES string of the molecule is Cc1cc(N2CCOCC2)cc2[nH]c(C3=C(NCC(O)c4cccc(Cl)c4)C(=O)N(C)C3=O)nc12. The molecule has 10 heteroatoms. The number of halogens is 1. The van der Waals surface area contributed by atoms with Crippen molar-refractivity contribution in [1.82, 2.24) is 20.2 Å². The van der Waals surface area contributed by atoms with Gasteiger partial charge in [0.2, 0.25) is 0 Å². The number of hydrogen-bond acceptors (Lipinski definition) is 7. The first-order chi connectivity index (χ1) is 16.8. The summed E-state index contributed by atoms with van der Waals surface area (Å²) in [6.45, 7) is 4.95. The van der Waals surface area contributed by atoms with Gasteiger partial charge in [0.25, 0.3) is 11.8 Å². The number of morpholine rings is 1. The molecule has 0 spiro atoms. The Morgan fingerprint density at radius 2 is 1.97 bits per heavy atom. The number of aromatic nitrogens is 2. The van der Waals surface area contributed by atoms with Crippen LogP contribution in [0.1, 0.15) is 23.1 Å². The predicted octanol–water partition coefficient (Wildman–Crippen LogP) is 2.39. The zero-order chi connectivity index (χ0) is 24.7. The molecule has 2 aromatic carbocycles. The molecule has 0 bridgehead atoms. The first kappa shape index (κ1) is 23.3. The summed E-state index contributed by atoms with van der Waals surface area (Å²) in [5.41, 5.74) is 4.38. The number of carbonyl (C=O) groups is 2. The molecule has 9 nitrogen and oxygen atoms in total. The lowest BCUT2D eigenvalue weighted by molar-refractivity contribution is -0.135. The van der Waals surface area contributed by atoms with Crippen LogP contribution >= 0.6 is 11.6 Å². The van der Waals surface area contributed by atoms with Gasteiger partial charge in [0.1, 0.15) is 17.1 Å². The second kappa shape index (κ2) is 9.33. The van der Waals surface area contributed by atoms with E-state index in [4.69, 9.17) is 16.3 Å². The minimum atomic E-state index is -0.926. The monoisotopic (exact) mass is 495 g/mol. The quantitative estimate of drug-likeness (QED) is 0.450. The second-order valence-corrected chi connectivity index (χ2v) is 9.15. The molecule has 5 rings (SSSR count). The van der Waals surface area contributed by atoms with Gasteiger partial charge < -0.3 is 25.0 Å². The van der Waals surface area contributed by atoms with Gasteiger partial charge in [-0.05, 0) is 42.3 Å². The van der Waals surface area contributed by atoms with E-state index in [0.717, 1.165) is 40.3 Å². The molecule has 3 heterocycles. The lowest BCUT2D eigenvalue weighted by Gasteiger charge is -2.29. The molecule has 182 valence electrons. The molecule has 1 unspecified atom stereocenters.